The smallest absolute Gasteiger partial charge is 0.317 e. The van der Waals surface area contributed by atoms with E-state index in [-0.39, 0.29) is 18.0 Å². The van der Waals surface area contributed by atoms with Crippen LogP contribution >= 0.6 is 0 Å². The number of urea groups is 1. The van der Waals surface area contributed by atoms with Crippen molar-refractivity contribution in [2.45, 2.75) is 44.7 Å². The molecule has 1 saturated heterocycles. The number of piperidine rings is 1. The Morgan fingerprint density at radius 1 is 1.38 bits per heavy atom. The van der Waals surface area contributed by atoms with Gasteiger partial charge in [0, 0.05) is 60.3 Å². The topological polar surface area (TPSA) is 71.6 Å². The van der Waals surface area contributed by atoms with Gasteiger partial charge in [-0.05, 0) is 51.4 Å². The van der Waals surface area contributed by atoms with Crippen molar-refractivity contribution in [3.8, 4) is 5.75 Å². The van der Waals surface area contributed by atoms with Crippen LogP contribution in [0.15, 0.2) is 18.3 Å². The number of hydrogen-bond donors (Lipinski definition) is 3. The number of rotatable bonds is 3. The molecule has 0 bridgehead atoms. The number of carbonyl (C=O) groups is 1. The molecule has 2 aliphatic rings. The van der Waals surface area contributed by atoms with Gasteiger partial charge in [0.05, 0.1) is 0 Å². The van der Waals surface area contributed by atoms with Gasteiger partial charge in [-0.1, -0.05) is 0 Å². The highest BCUT2D eigenvalue weighted by molar-refractivity contribution is 5.90. The van der Waals surface area contributed by atoms with Crippen LogP contribution in [0.3, 0.4) is 0 Å². The van der Waals surface area contributed by atoms with Crippen molar-refractivity contribution in [3.05, 3.63) is 29.5 Å². The van der Waals surface area contributed by atoms with E-state index in [1.165, 1.54) is 10.9 Å². The highest BCUT2D eigenvalue weighted by atomic mass is 16.3. The van der Waals surface area contributed by atoms with Crippen molar-refractivity contribution < 1.29 is 9.90 Å². The minimum absolute atomic E-state index is 0.00687. The fraction of sp³-hybridized carbons (Fsp3) is 0.550. The Morgan fingerprint density at radius 3 is 2.88 bits per heavy atom. The van der Waals surface area contributed by atoms with Crippen molar-refractivity contribution in [1.29, 1.82) is 0 Å². The molecule has 1 aromatic heterocycles. The Hall–Kier alpha value is -2.21. The molecule has 1 fully saturated rings. The summed E-state index contributed by atoms with van der Waals surface area (Å²) in [7, 11) is 2.13. The molecular formula is C20H28N4O2. The van der Waals surface area contributed by atoms with E-state index >= 15 is 0 Å². The van der Waals surface area contributed by atoms with Crippen LogP contribution in [-0.2, 0) is 6.42 Å². The molecule has 2 heterocycles. The Kier molecular flexibility index (Phi) is 4.31. The number of phenols is 1. The van der Waals surface area contributed by atoms with Gasteiger partial charge in [0.1, 0.15) is 5.75 Å². The van der Waals surface area contributed by atoms with Crippen LogP contribution in [-0.4, -0.2) is 64.7 Å². The number of phenolic OH excluding ortho intramolecular Hbond substituents is 1. The van der Waals surface area contributed by atoms with Crippen molar-refractivity contribution in [3.63, 3.8) is 0 Å². The van der Waals surface area contributed by atoms with E-state index < -0.39 is 0 Å². The summed E-state index contributed by atoms with van der Waals surface area (Å²) in [5.74, 6) is 0.597. The molecule has 2 amide bonds. The van der Waals surface area contributed by atoms with E-state index in [1.807, 2.05) is 24.8 Å². The molecule has 0 spiro atoms. The third kappa shape index (κ3) is 2.63. The number of hydrogen-bond acceptors (Lipinski definition) is 3. The number of fused-ring (bicyclic) bond motifs is 2. The summed E-state index contributed by atoms with van der Waals surface area (Å²) in [6.45, 7) is 6.26. The molecule has 0 unspecified atom stereocenters. The standard InChI is InChI=1S/C20H28N4O2/c1-4-24(5-2)20(26)22-13-9-14-16(23(3)11-13)8-12-10-21-15-6-7-17(25)19(14)18(12)15/h6-7,10,13-14,16,21,25H,4-5,8-9,11H2,1-3H3,(H,22,26)/t13-,14-,16+/m0/s1. The van der Waals surface area contributed by atoms with Gasteiger partial charge in [-0.2, -0.15) is 0 Å². The zero-order valence-electron chi connectivity index (χ0n) is 15.7. The quantitative estimate of drug-likeness (QED) is 0.792. The highest BCUT2D eigenvalue weighted by Gasteiger charge is 2.41. The zero-order chi connectivity index (χ0) is 18.4. The Bertz CT molecular complexity index is 827. The van der Waals surface area contributed by atoms with Gasteiger partial charge in [0.2, 0.25) is 0 Å². The predicted molar refractivity (Wildman–Crippen MR) is 103 cm³/mol. The molecule has 2 aromatic rings. The maximum atomic E-state index is 12.5. The summed E-state index contributed by atoms with van der Waals surface area (Å²) >= 11 is 0. The van der Waals surface area contributed by atoms with Crippen molar-refractivity contribution in [2.24, 2.45) is 0 Å². The molecule has 4 rings (SSSR count). The summed E-state index contributed by atoms with van der Waals surface area (Å²) < 4.78 is 0. The second-order valence-corrected chi connectivity index (χ2v) is 7.61. The largest absolute Gasteiger partial charge is 0.508 e. The van der Waals surface area contributed by atoms with Crippen LogP contribution in [0.4, 0.5) is 4.79 Å². The number of H-pyrrole nitrogens is 1. The lowest BCUT2D eigenvalue weighted by atomic mass is 9.73. The highest BCUT2D eigenvalue weighted by Crippen LogP contribution is 2.46. The van der Waals surface area contributed by atoms with E-state index in [1.54, 1.807) is 6.07 Å². The summed E-state index contributed by atoms with van der Waals surface area (Å²) in [6.07, 6.45) is 3.92. The lowest BCUT2D eigenvalue weighted by molar-refractivity contribution is 0.123. The summed E-state index contributed by atoms with van der Waals surface area (Å²) in [5.41, 5.74) is 3.41. The lowest BCUT2D eigenvalue weighted by Gasteiger charge is -2.46. The molecule has 1 aliphatic heterocycles. The SMILES string of the molecule is CCN(CC)C(=O)N[C@H]1C[C@@H]2c3c(O)ccc4[nH]cc(c34)C[C@H]2N(C)C1. The summed E-state index contributed by atoms with van der Waals surface area (Å²) in [5, 5.41) is 15.0. The van der Waals surface area contributed by atoms with Crippen molar-refractivity contribution >= 4 is 16.9 Å². The predicted octanol–water partition coefficient (Wildman–Crippen LogP) is 2.64. The van der Waals surface area contributed by atoms with Gasteiger partial charge in [0.15, 0.2) is 0 Å². The van der Waals surface area contributed by atoms with E-state index in [0.717, 1.165) is 30.5 Å². The van der Waals surface area contributed by atoms with E-state index in [2.05, 4.69) is 28.4 Å². The molecule has 140 valence electrons. The number of aromatic amines is 1. The lowest BCUT2D eigenvalue weighted by Crippen LogP contribution is -2.56. The van der Waals surface area contributed by atoms with Crippen LogP contribution in [0.5, 0.6) is 5.75 Å². The van der Waals surface area contributed by atoms with Gasteiger partial charge in [-0.3, -0.25) is 0 Å². The second kappa shape index (κ2) is 6.50. The Morgan fingerprint density at radius 2 is 2.15 bits per heavy atom. The monoisotopic (exact) mass is 356 g/mol. The Balaban J connectivity index is 1.64. The van der Waals surface area contributed by atoms with Gasteiger partial charge >= 0.3 is 6.03 Å². The average molecular weight is 356 g/mol. The van der Waals surface area contributed by atoms with Gasteiger partial charge < -0.3 is 25.2 Å². The first-order chi connectivity index (χ1) is 12.5. The molecule has 1 aliphatic carbocycles. The molecule has 6 nitrogen and oxygen atoms in total. The van der Waals surface area contributed by atoms with Crippen LogP contribution in [0, 0.1) is 0 Å². The molecule has 26 heavy (non-hydrogen) atoms. The minimum atomic E-state index is 0.00687. The number of benzene rings is 1. The number of aromatic nitrogens is 1. The number of aromatic hydroxyl groups is 1. The molecule has 0 saturated carbocycles. The van der Waals surface area contributed by atoms with Crippen molar-refractivity contribution in [2.75, 3.05) is 26.7 Å². The maximum Gasteiger partial charge on any atom is 0.317 e. The molecule has 1 aromatic carbocycles. The van der Waals surface area contributed by atoms with Gasteiger partial charge in [-0.15, -0.1) is 0 Å². The molecule has 0 radical (unpaired) electrons. The first-order valence-electron chi connectivity index (χ1n) is 9.60. The maximum absolute atomic E-state index is 12.5. The fourth-order valence-corrected chi connectivity index (χ4v) is 4.89. The average Bonchev–Trinajstić information content (AvgIpc) is 3.02. The summed E-state index contributed by atoms with van der Waals surface area (Å²) in [6, 6.07) is 4.19. The first kappa shape index (κ1) is 17.2. The molecule has 3 N–H and O–H groups in total. The normalized spacial score (nSPS) is 25.1. The number of carbonyl (C=O) groups excluding carboxylic acids is 1. The van der Waals surface area contributed by atoms with Crippen LogP contribution in [0.2, 0.25) is 0 Å². The number of amides is 2. The number of nitrogens with one attached hydrogen (secondary N) is 2. The van der Waals surface area contributed by atoms with E-state index in [9.17, 15) is 9.90 Å². The third-order valence-corrected chi connectivity index (χ3v) is 6.20. The van der Waals surface area contributed by atoms with E-state index in [0.29, 0.717) is 24.9 Å². The zero-order valence-corrected chi connectivity index (χ0v) is 15.7. The third-order valence-electron chi connectivity index (χ3n) is 6.20. The van der Waals surface area contributed by atoms with Crippen LogP contribution in [0.25, 0.3) is 10.9 Å². The number of likely N-dealkylation sites (N-methyl/N-ethyl adjacent to an activating group) is 1. The summed E-state index contributed by atoms with van der Waals surface area (Å²) in [4.78, 5) is 20.0. The van der Waals surface area contributed by atoms with Gasteiger partial charge in [-0.25, -0.2) is 4.79 Å². The van der Waals surface area contributed by atoms with Crippen molar-refractivity contribution in [1.82, 2.24) is 20.1 Å². The Labute approximate surface area is 154 Å². The molecule has 6 heteroatoms. The molecule has 3 atom stereocenters. The minimum Gasteiger partial charge on any atom is -0.508 e. The second-order valence-electron chi connectivity index (χ2n) is 7.61. The number of nitrogens with zero attached hydrogens (tertiary/aromatic N) is 2. The molecular weight excluding hydrogens is 328 g/mol. The van der Waals surface area contributed by atoms with Crippen LogP contribution < -0.4 is 5.32 Å². The van der Waals surface area contributed by atoms with Gasteiger partial charge in [0.25, 0.3) is 0 Å². The fourth-order valence-electron chi connectivity index (χ4n) is 4.89. The first-order valence-corrected chi connectivity index (χ1v) is 9.60. The van der Waals surface area contributed by atoms with E-state index in [4.69, 9.17) is 0 Å². The number of likely N-dealkylation sites (tertiary alicyclic amines) is 1. The van der Waals surface area contributed by atoms with Crippen LogP contribution in [0.1, 0.15) is 37.3 Å².